The van der Waals surface area contributed by atoms with E-state index in [1.807, 2.05) is 0 Å². The zero-order valence-electron chi connectivity index (χ0n) is 9.14. The summed E-state index contributed by atoms with van der Waals surface area (Å²) in [6.07, 6.45) is 1.11. The number of rotatable bonds is 4. The van der Waals surface area contributed by atoms with Crippen LogP contribution in [0.25, 0.3) is 0 Å². The predicted molar refractivity (Wildman–Crippen MR) is 63.7 cm³/mol. The third-order valence-corrected chi connectivity index (χ3v) is 2.55. The molecule has 1 aromatic heterocycles. The summed E-state index contributed by atoms with van der Waals surface area (Å²) in [4.78, 5) is 25.0. The number of carbonyl (C=O) groups is 1. The number of esters is 1. The number of halogens is 1. The van der Waals surface area contributed by atoms with E-state index in [0.29, 0.717) is 10.3 Å². The Morgan fingerprint density at radius 1 is 1.71 bits per heavy atom. The lowest BCUT2D eigenvalue weighted by molar-refractivity contribution is -0.385. The smallest absolute Gasteiger partial charge is 0.328 e. The van der Waals surface area contributed by atoms with Gasteiger partial charge in [0.05, 0.1) is 16.5 Å². The lowest BCUT2D eigenvalue weighted by atomic mass is 10.3. The lowest BCUT2D eigenvalue weighted by Gasteiger charge is -2.12. The first-order chi connectivity index (χ1) is 7.95. The fourth-order valence-electron chi connectivity index (χ4n) is 1.07. The van der Waals surface area contributed by atoms with E-state index >= 15 is 0 Å². The van der Waals surface area contributed by atoms with Crippen molar-refractivity contribution in [1.82, 2.24) is 4.98 Å². The summed E-state index contributed by atoms with van der Waals surface area (Å²) >= 11 is 3.13. The van der Waals surface area contributed by atoms with Gasteiger partial charge in [0.25, 0.3) is 5.69 Å². The van der Waals surface area contributed by atoms with Gasteiger partial charge < -0.3 is 10.1 Å². The Balaban J connectivity index is 2.86. The second kappa shape index (κ2) is 5.58. The maximum absolute atomic E-state index is 11.2. The van der Waals surface area contributed by atoms with Crippen molar-refractivity contribution in [3.8, 4) is 0 Å². The fourth-order valence-corrected chi connectivity index (χ4v) is 1.53. The van der Waals surface area contributed by atoms with Gasteiger partial charge in [-0.15, -0.1) is 0 Å². The minimum atomic E-state index is -0.592. The number of ether oxygens (including phenoxy) is 1. The number of nitrogens with one attached hydrogen (secondary N) is 1. The van der Waals surface area contributed by atoms with Crippen LogP contribution >= 0.6 is 15.9 Å². The zero-order chi connectivity index (χ0) is 13.0. The van der Waals surface area contributed by atoms with Crippen LogP contribution in [0.15, 0.2) is 16.7 Å². The molecule has 0 aliphatic heterocycles. The van der Waals surface area contributed by atoms with Gasteiger partial charge in [0.1, 0.15) is 18.1 Å². The van der Waals surface area contributed by atoms with E-state index in [1.54, 1.807) is 6.92 Å². The maximum atomic E-state index is 11.2. The average Bonchev–Trinajstić information content (AvgIpc) is 2.30. The quantitative estimate of drug-likeness (QED) is 0.517. The molecule has 1 N–H and O–H groups in total. The molecule has 0 aliphatic rings. The van der Waals surface area contributed by atoms with Crippen LogP contribution in [0.5, 0.6) is 0 Å². The van der Waals surface area contributed by atoms with Crippen molar-refractivity contribution in [2.24, 2.45) is 0 Å². The van der Waals surface area contributed by atoms with Crippen molar-refractivity contribution in [1.29, 1.82) is 0 Å². The molecule has 0 amide bonds. The first-order valence-corrected chi connectivity index (χ1v) is 5.39. The van der Waals surface area contributed by atoms with Crippen LogP contribution in [-0.4, -0.2) is 29.0 Å². The van der Waals surface area contributed by atoms with Crippen molar-refractivity contribution in [2.45, 2.75) is 13.0 Å². The summed E-state index contributed by atoms with van der Waals surface area (Å²) in [6.45, 7) is 1.60. The third kappa shape index (κ3) is 3.38. The van der Waals surface area contributed by atoms with Crippen LogP contribution < -0.4 is 5.32 Å². The molecule has 0 spiro atoms. The number of hydrogen-bond acceptors (Lipinski definition) is 6. The van der Waals surface area contributed by atoms with Crippen LogP contribution in [0.1, 0.15) is 6.92 Å². The topological polar surface area (TPSA) is 94.4 Å². The highest BCUT2D eigenvalue weighted by Crippen LogP contribution is 2.24. The van der Waals surface area contributed by atoms with Gasteiger partial charge in [-0.3, -0.25) is 10.1 Å². The summed E-state index contributed by atoms with van der Waals surface area (Å²) < 4.78 is 4.94. The molecule has 1 unspecified atom stereocenters. The Morgan fingerprint density at radius 2 is 2.35 bits per heavy atom. The molecule has 0 saturated heterocycles. The van der Waals surface area contributed by atoms with Crippen molar-refractivity contribution in [2.75, 3.05) is 12.4 Å². The molecule has 0 aliphatic carbocycles. The molecule has 7 nitrogen and oxygen atoms in total. The summed E-state index contributed by atoms with van der Waals surface area (Å²) in [5, 5.41) is 13.3. The summed E-state index contributed by atoms with van der Waals surface area (Å²) in [5.74, 6) is -0.106. The molecule has 0 radical (unpaired) electrons. The van der Waals surface area contributed by atoms with Crippen LogP contribution in [-0.2, 0) is 9.53 Å². The highest BCUT2D eigenvalue weighted by Gasteiger charge is 2.16. The SMILES string of the molecule is COC(=O)C(C)Nc1ncc([N+](=O)[O-])cc1Br. The second-order valence-electron chi connectivity index (χ2n) is 3.17. The maximum Gasteiger partial charge on any atom is 0.328 e. The van der Waals surface area contributed by atoms with Gasteiger partial charge in [0.15, 0.2) is 0 Å². The summed E-state index contributed by atoms with van der Waals surface area (Å²) in [6, 6.07) is 0.713. The number of hydrogen-bond donors (Lipinski definition) is 1. The number of anilines is 1. The van der Waals surface area contributed by atoms with Crippen LogP contribution in [0.4, 0.5) is 11.5 Å². The molecule has 1 rings (SSSR count). The average molecular weight is 304 g/mol. The molecule has 1 atom stereocenters. The van der Waals surface area contributed by atoms with Gasteiger partial charge in [-0.05, 0) is 22.9 Å². The molecular weight excluding hydrogens is 294 g/mol. The van der Waals surface area contributed by atoms with Crippen molar-refractivity contribution in [3.05, 3.63) is 26.9 Å². The first-order valence-electron chi connectivity index (χ1n) is 4.60. The standard InChI is InChI=1S/C9H10BrN3O4/c1-5(9(14)17-2)12-8-7(10)3-6(4-11-8)13(15)16/h3-5H,1-2H3,(H,11,12). The van der Waals surface area contributed by atoms with Crippen LogP contribution in [0.2, 0.25) is 0 Å². The summed E-state index contributed by atoms with van der Waals surface area (Å²) in [5.41, 5.74) is -0.131. The van der Waals surface area contributed by atoms with Gasteiger partial charge in [0, 0.05) is 6.07 Å². The number of carbonyl (C=O) groups excluding carboxylic acids is 1. The molecule has 0 aromatic carbocycles. The van der Waals surface area contributed by atoms with Crippen molar-refractivity contribution >= 4 is 33.4 Å². The minimum absolute atomic E-state index is 0.131. The van der Waals surface area contributed by atoms with E-state index in [0.717, 1.165) is 6.20 Å². The van der Waals surface area contributed by atoms with Gasteiger partial charge >= 0.3 is 5.97 Å². The van der Waals surface area contributed by atoms with E-state index in [9.17, 15) is 14.9 Å². The van der Waals surface area contributed by atoms with Crippen LogP contribution in [0, 0.1) is 10.1 Å². The molecule has 8 heteroatoms. The van der Waals surface area contributed by atoms with Gasteiger partial charge in [-0.25, -0.2) is 9.78 Å². The number of aromatic nitrogens is 1. The minimum Gasteiger partial charge on any atom is -0.467 e. The molecule has 0 bridgehead atoms. The number of nitrogens with zero attached hydrogens (tertiary/aromatic N) is 2. The van der Waals surface area contributed by atoms with Gasteiger partial charge in [-0.1, -0.05) is 0 Å². The largest absolute Gasteiger partial charge is 0.467 e. The van der Waals surface area contributed by atoms with Gasteiger partial charge in [0.2, 0.25) is 0 Å². The number of nitro groups is 1. The number of pyridine rings is 1. The normalized spacial score (nSPS) is 11.7. The molecular formula is C9H10BrN3O4. The molecule has 0 fully saturated rings. The number of methoxy groups -OCH3 is 1. The predicted octanol–water partition coefficient (Wildman–Crippen LogP) is 1.73. The van der Waals surface area contributed by atoms with E-state index < -0.39 is 16.9 Å². The lowest BCUT2D eigenvalue weighted by Crippen LogP contribution is -2.27. The van der Waals surface area contributed by atoms with E-state index in [4.69, 9.17) is 0 Å². The Morgan fingerprint density at radius 3 is 2.82 bits per heavy atom. The Labute approximate surface area is 105 Å². The molecule has 17 heavy (non-hydrogen) atoms. The molecule has 1 heterocycles. The Bertz CT molecular complexity index is 452. The monoisotopic (exact) mass is 303 g/mol. The molecule has 0 saturated carbocycles. The van der Waals surface area contributed by atoms with E-state index in [-0.39, 0.29) is 5.69 Å². The van der Waals surface area contributed by atoms with E-state index in [1.165, 1.54) is 13.2 Å². The van der Waals surface area contributed by atoms with Crippen molar-refractivity contribution in [3.63, 3.8) is 0 Å². The first kappa shape index (κ1) is 13.4. The van der Waals surface area contributed by atoms with E-state index in [2.05, 4.69) is 31.0 Å². The summed E-state index contributed by atoms with van der Waals surface area (Å²) in [7, 11) is 1.28. The van der Waals surface area contributed by atoms with Gasteiger partial charge in [-0.2, -0.15) is 0 Å². The Kier molecular flexibility index (Phi) is 4.38. The van der Waals surface area contributed by atoms with Crippen LogP contribution in [0.3, 0.4) is 0 Å². The highest BCUT2D eigenvalue weighted by molar-refractivity contribution is 9.10. The highest BCUT2D eigenvalue weighted by atomic mass is 79.9. The molecule has 92 valence electrons. The zero-order valence-corrected chi connectivity index (χ0v) is 10.7. The third-order valence-electron chi connectivity index (χ3n) is 1.95. The second-order valence-corrected chi connectivity index (χ2v) is 4.02. The van der Waals surface area contributed by atoms with Crippen molar-refractivity contribution < 1.29 is 14.5 Å². The Hall–Kier alpha value is -1.70. The molecule has 1 aromatic rings. The fraction of sp³-hybridized carbons (Fsp3) is 0.333.